The van der Waals surface area contributed by atoms with Crippen LogP contribution in [0.25, 0.3) is 0 Å². The third kappa shape index (κ3) is 2.79. The van der Waals surface area contributed by atoms with E-state index in [0.717, 1.165) is 32.4 Å². The summed E-state index contributed by atoms with van der Waals surface area (Å²) in [5.74, 6) is 1.91. The standard InChI is InChI=1S/C13H23NO2S/c1-2-5-13(12(15)16)6-7-14(10-13)11-3-8-17-9-4-11/h11H,2-10H2,1H3,(H,15,16). The minimum Gasteiger partial charge on any atom is -0.481 e. The van der Waals surface area contributed by atoms with Crippen LogP contribution in [0, 0.1) is 5.41 Å². The van der Waals surface area contributed by atoms with Gasteiger partial charge in [0, 0.05) is 12.6 Å². The molecule has 0 spiro atoms. The van der Waals surface area contributed by atoms with E-state index in [0.29, 0.717) is 6.04 Å². The lowest BCUT2D eigenvalue weighted by atomic mass is 9.82. The Morgan fingerprint density at radius 3 is 2.76 bits per heavy atom. The highest BCUT2D eigenvalue weighted by molar-refractivity contribution is 7.99. The van der Waals surface area contributed by atoms with Crippen LogP contribution in [0.2, 0.25) is 0 Å². The fourth-order valence-electron chi connectivity index (χ4n) is 3.23. The van der Waals surface area contributed by atoms with Crippen molar-refractivity contribution in [3.63, 3.8) is 0 Å². The van der Waals surface area contributed by atoms with Gasteiger partial charge in [0.15, 0.2) is 0 Å². The summed E-state index contributed by atoms with van der Waals surface area (Å²) >= 11 is 2.03. The molecule has 0 aromatic rings. The number of carboxylic acids is 1. The van der Waals surface area contributed by atoms with Crippen molar-refractivity contribution in [2.75, 3.05) is 24.6 Å². The van der Waals surface area contributed by atoms with Gasteiger partial charge in [0.2, 0.25) is 0 Å². The van der Waals surface area contributed by atoms with Gasteiger partial charge in [-0.25, -0.2) is 0 Å². The molecule has 1 atom stereocenters. The van der Waals surface area contributed by atoms with Crippen molar-refractivity contribution in [2.45, 2.75) is 45.1 Å². The van der Waals surface area contributed by atoms with Crippen molar-refractivity contribution in [1.29, 1.82) is 0 Å². The molecule has 2 saturated heterocycles. The summed E-state index contributed by atoms with van der Waals surface area (Å²) in [5.41, 5.74) is -0.445. The molecule has 17 heavy (non-hydrogen) atoms. The maximum atomic E-state index is 11.5. The molecule has 1 unspecified atom stereocenters. The van der Waals surface area contributed by atoms with Crippen LogP contribution >= 0.6 is 11.8 Å². The van der Waals surface area contributed by atoms with E-state index in [4.69, 9.17) is 0 Å². The number of nitrogens with zero attached hydrogens (tertiary/aromatic N) is 1. The molecule has 2 aliphatic heterocycles. The van der Waals surface area contributed by atoms with Gasteiger partial charge in [-0.15, -0.1) is 0 Å². The van der Waals surface area contributed by atoms with E-state index >= 15 is 0 Å². The summed E-state index contributed by atoms with van der Waals surface area (Å²) in [6.45, 7) is 3.86. The molecule has 0 aromatic heterocycles. The van der Waals surface area contributed by atoms with Gasteiger partial charge in [-0.3, -0.25) is 9.69 Å². The van der Waals surface area contributed by atoms with E-state index < -0.39 is 11.4 Å². The molecule has 2 heterocycles. The first kappa shape index (κ1) is 13.2. The third-order valence-corrected chi connectivity index (χ3v) is 5.32. The van der Waals surface area contributed by atoms with Crippen LogP contribution in [-0.4, -0.2) is 46.6 Å². The SMILES string of the molecule is CCCC1(C(=O)O)CCN(C2CCSCC2)C1. The Morgan fingerprint density at radius 1 is 1.47 bits per heavy atom. The molecule has 0 aliphatic carbocycles. The van der Waals surface area contributed by atoms with E-state index in [2.05, 4.69) is 11.8 Å². The topological polar surface area (TPSA) is 40.5 Å². The Morgan fingerprint density at radius 2 is 2.18 bits per heavy atom. The van der Waals surface area contributed by atoms with Gasteiger partial charge in [-0.1, -0.05) is 13.3 Å². The predicted molar refractivity (Wildman–Crippen MR) is 71.5 cm³/mol. The zero-order chi connectivity index (χ0) is 12.3. The van der Waals surface area contributed by atoms with Crippen molar-refractivity contribution < 1.29 is 9.90 Å². The molecule has 2 aliphatic rings. The van der Waals surface area contributed by atoms with Gasteiger partial charge in [-0.2, -0.15) is 11.8 Å². The van der Waals surface area contributed by atoms with Crippen LogP contribution < -0.4 is 0 Å². The van der Waals surface area contributed by atoms with E-state index in [1.807, 2.05) is 11.8 Å². The second-order valence-electron chi connectivity index (χ2n) is 5.40. The minimum atomic E-state index is -0.577. The molecule has 4 heteroatoms. The van der Waals surface area contributed by atoms with Gasteiger partial charge >= 0.3 is 5.97 Å². The Kier molecular flexibility index (Phi) is 4.36. The smallest absolute Gasteiger partial charge is 0.310 e. The van der Waals surface area contributed by atoms with Crippen LogP contribution in [0.1, 0.15) is 39.0 Å². The first-order valence-electron chi connectivity index (χ1n) is 6.73. The number of likely N-dealkylation sites (tertiary alicyclic amines) is 1. The first-order valence-corrected chi connectivity index (χ1v) is 7.88. The molecular weight excluding hydrogens is 234 g/mol. The van der Waals surface area contributed by atoms with Crippen LogP contribution in [0.3, 0.4) is 0 Å². The van der Waals surface area contributed by atoms with Gasteiger partial charge in [0.05, 0.1) is 5.41 Å². The molecule has 98 valence electrons. The molecule has 0 radical (unpaired) electrons. The maximum absolute atomic E-state index is 11.5. The second kappa shape index (κ2) is 5.61. The van der Waals surface area contributed by atoms with E-state index in [1.54, 1.807) is 0 Å². The lowest BCUT2D eigenvalue weighted by Gasteiger charge is -2.32. The largest absolute Gasteiger partial charge is 0.481 e. The number of thioether (sulfide) groups is 1. The van der Waals surface area contributed by atoms with Crippen LogP contribution in [0.5, 0.6) is 0 Å². The molecule has 1 N–H and O–H groups in total. The van der Waals surface area contributed by atoms with Crippen LogP contribution in [0.4, 0.5) is 0 Å². The molecule has 0 bridgehead atoms. The van der Waals surface area contributed by atoms with Crippen LogP contribution in [-0.2, 0) is 4.79 Å². The van der Waals surface area contributed by atoms with Gasteiger partial charge in [-0.05, 0) is 43.7 Å². The lowest BCUT2D eigenvalue weighted by Crippen LogP contribution is -2.40. The Balaban J connectivity index is 1.98. The summed E-state index contributed by atoms with van der Waals surface area (Å²) < 4.78 is 0. The summed E-state index contributed by atoms with van der Waals surface area (Å²) in [4.78, 5) is 14.0. The predicted octanol–water partition coefficient (Wildman–Crippen LogP) is 2.46. The second-order valence-corrected chi connectivity index (χ2v) is 6.62. The Labute approximate surface area is 108 Å². The number of hydrogen-bond acceptors (Lipinski definition) is 3. The van der Waals surface area contributed by atoms with Crippen molar-refractivity contribution >= 4 is 17.7 Å². The fourth-order valence-corrected chi connectivity index (χ4v) is 4.31. The summed E-state index contributed by atoms with van der Waals surface area (Å²) in [5, 5.41) is 9.48. The maximum Gasteiger partial charge on any atom is 0.310 e. The van der Waals surface area contributed by atoms with E-state index in [-0.39, 0.29) is 0 Å². The number of carboxylic acid groups (broad SMARTS) is 1. The number of carbonyl (C=O) groups is 1. The quantitative estimate of drug-likeness (QED) is 0.840. The van der Waals surface area contributed by atoms with E-state index in [9.17, 15) is 9.90 Å². The van der Waals surface area contributed by atoms with E-state index in [1.165, 1.54) is 24.3 Å². The van der Waals surface area contributed by atoms with Crippen LogP contribution in [0.15, 0.2) is 0 Å². The van der Waals surface area contributed by atoms with Gasteiger partial charge in [0.25, 0.3) is 0 Å². The monoisotopic (exact) mass is 257 g/mol. The van der Waals surface area contributed by atoms with Gasteiger partial charge in [0.1, 0.15) is 0 Å². The molecule has 0 aromatic carbocycles. The summed E-state index contributed by atoms with van der Waals surface area (Å²) in [6.07, 6.45) is 5.14. The molecule has 3 nitrogen and oxygen atoms in total. The molecule has 2 rings (SSSR count). The van der Waals surface area contributed by atoms with Crippen molar-refractivity contribution in [3.8, 4) is 0 Å². The zero-order valence-electron chi connectivity index (χ0n) is 10.7. The highest BCUT2D eigenvalue weighted by Crippen LogP contribution is 2.38. The summed E-state index contributed by atoms with van der Waals surface area (Å²) in [7, 11) is 0. The number of rotatable bonds is 4. The number of hydrogen-bond donors (Lipinski definition) is 1. The average molecular weight is 257 g/mol. The Hall–Kier alpha value is -0.220. The van der Waals surface area contributed by atoms with Gasteiger partial charge < -0.3 is 5.11 Å². The lowest BCUT2D eigenvalue weighted by molar-refractivity contribution is -0.148. The van der Waals surface area contributed by atoms with Crippen molar-refractivity contribution in [2.24, 2.45) is 5.41 Å². The molecule has 2 fully saturated rings. The fraction of sp³-hybridized carbons (Fsp3) is 0.923. The molecular formula is C13H23NO2S. The minimum absolute atomic E-state index is 0.445. The first-order chi connectivity index (χ1) is 8.18. The highest BCUT2D eigenvalue weighted by atomic mass is 32.2. The average Bonchev–Trinajstić information content (AvgIpc) is 2.76. The van der Waals surface area contributed by atoms with Crippen molar-refractivity contribution in [3.05, 3.63) is 0 Å². The zero-order valence-corrected chi connectivity index (χ0v) is 11.5. The van der Waals surface area contributed by atoms with Crippen molar-refractivity contribution in [1.82, 2.24) is 4.90 Å². The molecule has 0 amide bonds. The third-order valence-electron chi connectivity index (χ3n) is 4.27. The Bertz CT molecular complexity index is 279. The highest BCUT2D eigenvalue weighted by Gasteiger charge is 2.45. The summed E-state index contributed by atoms with van der Waals surface area (Å²) in [6, 6.07) is 0.648. The number of aliphatic carboxylic acids is 1. The molecule has 0 saturated carbocycles. The normalized spacial score (nSPS) is 31.8.